The number of halogens is 1. The molecule has 0 N–H and O–H groups in total. The minimum absolute atomic E-state index is 0.282. The smallest absolute Gasteiger partial charge is 0.147 e. The molecule has 0 heterocycles. The largest absolute Gasteiger partial charge is 0.298 e. The molecule has 5 rings (SSSR count). The maximum Gasteiger partial charge on any atom is 0.147 e. The number of Topliss-reactive ketones (excluding diaryl/α,β-unsaturated/α-hetero) is 1. The maximum atomic E-state index is 12.8. The molecular formula is C26H41BrO. The van der Waals surface area contributed by atoms with Crippen molar-refractivity contribution in [2.45, 2.75) is 97.8 Å². The summed E-state index contributed by atoms with van der Waals surface area (Å²) >= 11 is 3.50. The van der Waals surface area contributed by atoms with Gasteiger partial charge in [-0.05, 0) is 110 Å². The minimum Gasteiger partial charge on any atom is -0.298 e. The average Bonchev–Trinajstić information content (AvgIpc) is 3.51. The van der Waals surface area contributed by atoms with E-state index in [1.54, 1.807) is 0 Å². The quantitative estimate of drug-likeness (QED) is 0.410. The van der Waals surface area contributed by atoms with Gasteiger partial charge < -0.3 is 0 Å². The zero-order valence-corrected chi connectivity index (χ0v) is 20.0. The van der Waals surface area contributed by atoms with Crippen molar-refractivity contribution in [3.8, 4) is 0 Å². The van der Waals surface area contributed by atoms with Gasteiger partial charge in [-0.2, -0.15) is 0 Å². The number of rotatable bonds is 3. The molecular weight excluding hydrogens is 408 g/mol. The van der Waals surface area contributed by atoms with Crippen LogP contribution in [0.2, 0.25) is 0 Å². The molecule has 0 aromatic heterocycles. The molecule has 28 heavy (non-hydrogen) atoms. The van der Waals surface area contributed by atoms with Crippen LogP contribution in [0.3, 0.4) is 0 Å². The summed E-state index contributed by atoms with van der Waals surface area (Å²) in [5, 5.41) is 0.566. The van der Waals surface area contributed by atoms with Crippen LogP contribution in [0.5, 0.6) is 0 Å². The molecule has 2 heteroatoms. The van der Waals surface area contributed by atoms with Crippen LogP contribution < -0.4 is 0 Å². The summed E-state index contributed by atoms with van der Waals surface area (Å²) in [6, 6.07) is 0. The second-order valence-electron chi connectivity index (χ2n) is 12.3. The Bertz CT molecular complexity index is 640. The van der Waals surface area contributed by atoms with Crippen LogP contribution in [0.1, 0.15) is 97.8 Å². The molecule has 1 nitrogen and oxygen atoms in total. The molecule has 0 aromatic carbocycles. The van der Waals surface area contributed by atoms with Gasteiger partial charge in [-0.15, -0.1) is 0 Å². The van der Waals surface area contributed by atoms with E-state index in [-0.39, 0.29) is 5.41 Å². The Morgan fingerprint density at radius 2 is 1.71 bits per heavy atom. The molecule has 0 aliphatic heterocycles. The summed E-state index contributed by atoms with van der Waals surface area (Å²) in [5.41, 5.74) is 1.53. The lowest BCUT2D eigenvalue weighted by Crippen LogP contribution is -2.61. The van der Waals surface area contributed by atoms with E-state index in [9.17, 15) is 4.79 Å². The molecule has 0 bridgehead atoms. The minimum atomic E-state index is 0.282. The van der Waals surface area contributed by atoms with Crippen LogP contribution in [0, 0.1) is 51.8 Å². The van der Waals surface area contributed by atoms with Gasteiger partial charge in [0.05, 0.1) is 5.33 Å². The summed E-state index contributed by atoms with van der Waals surface area (Å²) in [5.74, 6) is 5.46. The number of fused-ring (bicyclic) bond motifs is 5. The molecule has 3 unspecified atom stereocenters. The van der Waals surface area contributed by atoms with Crippen molar-refractivity contribution in [2.75, 3.05) is 5.33 Å². The molecule has 158 valence electrons. The fourth-order valence-corrected chi connectivity index (χ4v) is 10.4. The second kappa shape index (κ2) is 6.83. The van der Waals surface area contributed by atoms with Gasteiger partial charge in [-0.25, -0.2) is 0 Å². The van der Waals surface area contributed by atoms with Crippen LogP contribution in [0.25, 0.3) is 0 Å². The second-order valence-corrected chi connectivity index (χ2v) is 12.8. The first kappa shape index (κ1) is 20.1. The highest BCUT2D eigenvalue weighted by atomic mass is 79.9. The van der Waals surface area contributed by atoms with Gasteiger partial charge in [0.15, 0.2) is 0 Å². The lowest BCUT2D eigenvalue weighted by atomic mass is 9.36. The van der Waals surface area contributed by atoms with E-state index in [0.717, 1.165) is 36.0 Å². The van der Waals surface area contributed by atoms with E-state index < -0.39 is 0 Å². The first-order valence-electron chi connectivity index (χ1n) is 12.4. The van der Waals surface area contributed by atoms with Crippen molar-refractivity contribution in [2.24, 2.45) is 51.8 Å². The van der Waals surface area contributed by atoms with Gasteiger partial charge in [-0.1, -0.05) is 49.5 Å². The number of alkyl halides is 1. The highest BCUT2D eigenvalue weighted by molar-refractivity contribution is 9.09. The zero-order valence-electron chi connectivity index (χ0n) is 18.4. The van der Waals surface area contributed by atoms with Crippen LogP contribution in [0.15, 0.2) is 0 Å². The summed E-state index contributed by atoms with van der Waals surface area (Å²) in [4.78, 5) is 12.8. The van der Waals surface area contributed by atoms with Crippen LogP contribution in [0.4, 0.5) is 0 Å². The fraction of sp³-hybridized carbons (Fsp3) is 0.962. The van der Waals surface area contributed by atoms with E-state index in [1.807, 2.05) is 0 Å². The van der Waals surface area contributed by atoms with E-state index in [4.69, 9.17) is 0 Å². The lowest BCUT2D eigenvalue weighted by molar-refractivity contribution is -0.195. The first-order valence-corrected chi connectivity index (χ1v) is 13.6. The van der Waals surface area contributed by atoms with E-state index in [2.05, 4.69) is 36.7 Å². The SMILES string of the molecule is C[C@H]1CC[C@]2(C3CC3)C3CC[C@]4(C)C(C(=O)CBr)CCCC4[C@@H]3CC[C@]2(C)C1. The highest BCUT2D eigenvalue weighted by Gasteiger charge is 2.67. The van der Waals surface area contributed by atoms with Crippen molar-refractivity contribution < 1.29 is 4.79 Å². The lowest BCUT2D eigenvalue weighted by Gasteiger charge is -2.68. The molecule has 0 radical (unpaired) electrons. The molecule has 5 saturated carbocycles. The monoisotopic (exact) mass is 448 g/mol. The summed E-state index contributed by atoms with van der Waals surface area (Å²) in [7, 11) is 0. The van der Waals surface area contributed by atoms with E-state index in [1.165, 1.54) is 70.6 Å². The Labute approximate surface area is 181 Å². The zero-order chi connectivity index (χ0) is 19.7. The van der Waals surface area contributed by atoms with Gasteiger partial charge in [0.1, 0.15) is 5.78 Å². The first-order chi connectivity index (χ1) is 13.4. The van der Waals surface area contributed by atoms with Crippen LogP contribution >= 0.6 is 15.9 Å². The average molecular weight is 450 g/mol. The van der Waals surface area contributed by atoms with Gasteiger partial charge in [0, 0.05) is 5.92 Å². The van der Waals surface area contributed by atoms with Crippen molar-refractivity contribution >= 4 is 21.7 Å². The van der Waals surface area contributed by atoms with Crippen molar-refractivity contribution in [3.05, 3.63) is 0 Å². The summed E-state index contributed by atoms with van der Waals surface area (Å²) in [6.45, 7) is 7.76. The molecule has 8 atom stereocenters. The third-order valence-corrected chi connectivity index (χ3v) is 11.7. The molecule has 0 amide bonds. The van der Waals surface area contributed by atoms with Crippen molar-refractivity contribution in [1.29, 1.82) is 0 Å². The number of carbonyl (C=O) groups excluding carboxylic acids is 1. The van der Waals surface area contributed by atoms with Gasteiger partial charge in [-0.3, -0.25) is 4.79 Å². The summed E-state index contributed by atoms with van der Waals surface area (Å²) in [6.07, 6.45) is 17.0. The highest BCUT2D eigenvalue weighted by Crippen LogP contribution is 2.75. The molecule has 0 saturated heterocycles. The number of carbonyl (C=O) groups is 1. The Balaban J connectivity index is 1.51. The molecule has 5 fully saturated rings. The Morgan fingerprint density at radius 1 is 0.929 bits per heavy atom. The van der Waals surface area contributed by atoms with Crippen LogP contribution in [-0.2, 0) is 4.79 Å². The van der Waals surface area contributed by atoms with E-state index in [0.29, 0.717) is 27.9 Å². The topological polar surface area (TPSA) is 17.1 Å². The van der Waals surface area contributed by atoms with Gasteiger partial charge in [0.2, 0.25) is 0 Å². The fourth-order valence-electron chi connectivity index (χ4n) is 10.0. The van der Waals surface area contributed by atoms with Crippen LogP contribution in [-0.4, -0.2) is 11.1 Å². The standard InChI is InChI=1S/C26H41BrO/c1-17-9-14-26(18-7-8-18)21-11-13-25(3)20(5-4-6-22(25)23(28)16-27)19(21)10-12-24(26,2)15-17/h17-22H,4-16H2,1-3H3/t17-,19-,20?,21?,22?,24+,25-,26-/m0/s1. The van der Waals surface area contributed by atoms with Gasteiger partial charge in [0.25, 0.3) is 0 Å². The predicted octanol–water partition coefficient (Wildman–Crippen LogP) is 7.42. The van der Waals surface area contributed by atoms with Crippen molar-refractivity contribution in [3.63, 3.8) is 0 Å². The predicted molar refractivity (Wildman–Crippen MR) is 119 cm³/mol. The number of ketones is 1. The Hall–Kier alpha value is 0.150. The molecule has 5 aliphatic carbocycles. The maximum absolute atomic E-state index is 12.8. The van der Waals surface area contributed by atoms with E-state index >= 15 is 0 Å². The third-order valence-electron chi connectivity index (χ3n) is 11.2. The molecule has 0 spiro atoms. The molecule has 0 aromatic rings. The Kier molecular flexibility index (Phi) is 4.89. The number of hydrogen-bond acceptors (Lipinski definition) is 1. The number of hydrogen-bond donors (Lipinski definition) is 0. The molecule has 5 aliphatic rings. The van der Waals surface area contributed by atoms with Gasteiger partial charge >= 0.3 is 0 Å². The normalized spacial score (nSPS) is 53.6. The Morgan fingerprint density at radius 3 is 2.43 bits per heavy atom. The van der Waals surface area contributed by atoms with Crippen molar-refractivity contribution in [1.82, 2.24) is 0 Å². The third kappa shape index (κ3) is 2.64. The summed E-state index contributed by atoms with van der Waals surface area (Å²) < 4.78 is 0.